The number of nitrogen functional groups attached to an aromatic ring is 2. The van der Waals surface area contributed by atoms with Crippen LogP contribution in [0.1, 0.15) is 11.1 Å². The Labute approximate surface area is 139 Å². The zero-order valence-electron chi connectivity index (χ0n) is 12.3. The average Bonchev–Trinajstić information content (AvgIpc) is 2.86. The molecule has 0 saturated carbocycles. The van der Waals surface area contributed by atoms with Gasteiger partial charge >= 0.3 is 0 Å². The number of rotatable bonds is 3. The molecule has 5 N–H and O–H groups in total. The van der Waals surface area contributed by atoms with Gasteiger partial charge in [0.05, 0.1) is 5.69 Å². The first kappa shape index (κ1) is 15.1. The number of hydrogen-bond donors (Lipinski definition) is 3. The molecule has 0 spiro atoms. The minimum Gasteiger partial charge on any atom is -0.383 e. The number of nitrogens with zero attached hydrogens (tertiary/aromatic N) is 2. The number of nitrogens with one attached hydrogen (secondary N) is 1. The second-order valence-corrected chi connectivity index (χ2v) is 5.62. The molecule has 3 rings (SSSR count). The molecule has 5 nitrogen and oxygen atoms in total. The summed E-state index contributed by atoms with van der Waals surface area (Å²) in [7, 11) is 0. The van der Waals surface area contributed by atoms with E-state index in [1.807, 2.05) is 54.6 Å². The van der Waals surface area contributed by atoms with Crippen molar-refractivity contribution < 1.29 is 0 Å². The van der Waals surface area contributed by atoms with Crippen LogP contribution in [0.4, 0.5) is 5.82 Å². The maximum absolute atomic E-state index is 7.64. The molecular formula is C17H16ClN5. The van der Waals surface area contributed by atoms with Crippen LogP contribution in [0.5, 0.6) is 0 Å². The van der Waals surface area contributed by atoms with E-state index in [1.54, 1.807) is 0 Å². The zero-order chi connectivity index (χ0) is 16.4. The van der Waals surface area contributed by atoms with Crippen LogP contribution in [0.25, 0.3) is 11.3 Å². The summed E-state index contributed by atoms with van der Waals surface area (Å²) in [5, 5.41) is 12.7. The fraction of sp³-hybridized carbons (Fsp3) is 0.0588. The van der Waals surface area contributed by atoms with Crippen LogP contribution in [0.15, 0.2) is 54.6 Å². The molecule has 0 saturated heterocycles. The van der Waals surface area contributed by atoms with Crippen molar-refractivity contribution in [2.24, 2.45) is 5.73 Å². The Bertz CT molecular complexity index is 855. The number of benzene rings is 2. The predicted octanol–water partition coefficient (Wildman–Crippen LogP) is 3.12. The maximum Gasteiger partial charge on any atom is 0.215 e. The van der Waals surface area contributed by atoms with Gasteiger partial charge in [-0.15, -0.1) is 0 Å². The van der Waals surface area contributed by atoms with Crippen molar-refractivity contribution in [1.82, 2.24) is 9.78 Å². The van der Waals surface area contributed by atoms with Gasteiger partial charge in [0, 0.05) is 22.6 Å². The molecule has 0 atom stereocenters. The highest BCUT2D eigenvalue weighted by molar-refractivity contribution is 6.30. The van der Waals surface area contributed by atoms with E-state index in [2.05, 4.69) is 5.10 Å². The van der Waals surface area contributed by atoms with Gasteiger partial charge in [0.15, 0.2) is 0 Å². The number of nitrogens with two attached hydrogens (primary N) is 2. The smallest absolute Gasteiger partial charge is 0.215 e. The van der Waals surface area contributed by atoms with Crippen LogP contribution in [0.3, 0.4) is 0 Å². The molecule has 1 heterocycles. The fourth-order valence-electron chi connectivity index (χ4n) is 2.50. The van der Waals surface area contributed by atoms with E-state index in [9.17, 15) is 0 Å². The van der Waals surface area contributed by atoms with Crippen molar-refractivity contribution in [2.75, 3.05) is 5.73 Å². The lowest BCUT2D eigenvalue weighted by Crippen LogP contribution is -2.23. The van der Waals surface area contributed by atoms with Gasteiger partial charge in [0.1, 0.15) is 5.82 Å². The molecule has 0 aliphatic rings. The van der Waals surface area contributed by atoms with Crippen molar-refractivity contribution in [1.29, 1.82) is 5.41 Å². The molecule has 23 heavy (non-hydrogen) atoms. The molecule has 3 aromatic rings. The standard InChI is InChI=1S/C17H16ClN5/c18-13-8-4-5-11(9-13)10-14-15(12-6-2-1-3-7-12)22-23(16(14)19)17(20)21/h1-9H,10,19H2,(H3,20,21). The third kappa shape index (κ3) is 3.05. The van der Waals surface area contributed by atoms with Crippen molar-refractivity contribution in [2.45, 2.75) is 6.42 Å². The molecule has 6 heteroatoms. The Morgan fingerprint density at radius 3 is 2.52 bits per heavy atom. The van der Waals surface area contributed by atoms with E-state index in [0.717, 1.165) is 22.4 Å². The minimum atomic E-state index is -0.211. The topological polar surface area (TPSA) is 93.7 Å². The molecular weight excluding hydrogens is 310 g/mol. The van der Waals surface area contributed by atoms with Gasteiger partial charge in [0.2, 0.25) is 5.96 Å². The van der Waals surface area contributed by atoms with Crippen molar-refractivity contribution in [3.05, 3.63) is 70.7 Å². The molecule has 0 bridgehead atoms. The lowest BCUT2D eigenvalue weighted by atomic mass is 10.0. The first-order valence-corrected chi connectivity index (χ1v) is 7.45. The van der Waals surface area contributed by atoms with E-state index in [4.69, 9.17) is 28.5 Å². The monoisotopic (exact) mass is 325 g/mol. The third-order valence-corrected chi connectivity index (χ3v) is 3.80. The van der Waals surface area contributed by atoms with Crippen LogP contribution in [-0.4, -0.2) is 15.7 Å². The Morgan fingerprint density at radius 1 is 1.13 bits per heavy atom. The van der Waals surface area contributed by atoms with Gasteiger partial charge in [-0.1, -0.05) is 54.1 Å². The summed E-state index contributed by atoms with van der Waals surface area (Å²) >= 11 is 6.06. The summed E-state index contributed by atoms with van der Waals surface area (Å²) in [6.45, 7) is 0. The number of halogens is 1. The van der Waals surface area contributed by atoms with Gasteiger partial charge in [-0.2, -0.15) is 9.78 Å². The van der Waals surface area contributed by atoms with E-state index in [0.29, 0.717) is 17.3 Å². The predicted molar refractivity (Wildman–Crippen MR) is 93.6 cm³/mol. The second-order valence-electron chi connectivity index (χ2n) is 5.18. The molecule has 116 valence electrons. The number of aromatic nitrogens is 2. The summed E-state index contributed by atoms with van der Waals surface area (Å²) < 4.78 is 1.25. The molecule has 0 aliphatic carbocycles. The molecule has 0 aliphatic heterocycles. The summed E-state index contributed by atoms with van der Waals surface area (Å²) in [6, 6.07) is 17.3. The summed E-state index contributed by atoms with van der Waals surface area (Å²) in [4.78, 5) is 0. The Morgan fingerprint density at radius 2 is 1.87 bits per heavy atom. The molecule has 0 radical (unpaired) electrons. The van der Waals surface area contributed by atoms with E-state index in [1.165, 1.54) is 4.68 Å². The summed E-state index contributed by atoms with van der Waals surface area (Å²) in [5.74, 6) is 0.161. The van der Waals surface area contributed by atoms with E-state index < -0.39 is 0 Å². The maximum atomic E-state index is 7.64. The Kier molecular flexibility index (Phi) is 4.04. The van der Waals surface area contributed by atoms with Gasteiger partial charge in [-0.25, -0.2) is 0 Å². The van der Waals surface area contributed by atoms with E-state index in [-0.39, 0.29) is 5.96 Å². The third-order valence-electron chi connectivity index (χ3n) is 3.57. The molecule has 0 fully saturated rings. The molecule has 2 aromatic carbocycles. The fourth-order valence-corrected chi connectivity index (χ4v) is 2.71. The van der Waals surface area contributed by atoms with Crippen molar-refractivity contribution in [3.8, 4) is 11.3 Å². The Balaban J connectivity index is 2.12. The van der Waals surface area contributed by atoms with Crippen LogP contribution < -0.4 is 11.5 Å². The van der Waals surface area contributed by atoms with Gasteiger partial charge in [0.25, 0.3) is 0 Å². The van der Waals surface area contributed by atoms with Gasteiger partial charge < -0.3 is 11.5 Å². The first-order chi connectivity index (χ1) is 11.1. The highest BCUT2D eigenvalue weighted by Gasteiger charge is 2.18. The highest BCUT2D eigenvalue weighted by atomic mass is 35.5. The SMILES string of the molecule is N=C(N)n1nc(-c2ccccc2)c(Cc2cccc(Cl)c2)c1N. The molecule has 0 amide bonds. The number of hydrogen-bond acceptors (Lipinski definition) is 3. The highest BCUT2D eigenvalue weighted by Crippen LogP contribution is 2.29. The molecule has 0 unspecified atom stereocenters. The van der Waals surface area contributed by atoms with Crippen LogP contribution >= 0.6 is 11.6 Å². The lowest BCUT2D eigenvalue weighted by Gasteiger charge is -2.05. The summed E-state index contributed by atoms with van der Waals surface area (Å²) in [5.41, 5.74) is 15.2. The van der Waals surface area contributed by atoms with E-state index >= 15 is 0 Å². The first-order valence-electron chi connectivity index (χ1n) is 7.08. The quantitative estimate of drug-likeness (QED) is 0.510. The van der Waals surface area contributed by atoms with Crippen molar-refractivity contribution >= 4 is 23.4 Å². The zero-order valence-corrected chi connectivity index (χ0v) is 13.1. The van der Waals surface area contributed by atoms with Gasteiger partial charge in [-0.3, -0.25) is 5.41 Å². The lowest BCUT2D eigenvalue weighted by molar-refractivity contribution is 0.925. The normalized spacial score (nSPS) is 10.7. The van der Waals surface area contributed by atoms with Crippen LogP contribution in [0.2, 0.25) is 5.02 Å². The second kappa shape index (κ2) is 6.14. The van der Waals surface area contributed by atoms with Gasteiger partial charge in [-0.05, 0) is 17.7 Å². The Hall–Kier alpha value is -2.79. The number of anilines is 1. The minimum absolute atomic E-state index is 0.211. The van der Waals surface area contributed by atoms with Crippen molar-refractivity contribution in [3.63, 3.8) is 0 Å². The average molecular weight is 326 g/mol. The van der Waals surface area contributed by atoms with Crippen LogP contribution in [0, 0.1) is 5.41 Å². The molecule has 1 aromatic heterocycles. The largest absolute Gasteiger partial charge is 0.383 e. The summed E-state index contributed by atoms with van der Waals surface area (Å²) in [6.07, 6.45) is 0.559. The van der Waals surface area contributed by atoms with Crippen LogP contribution in [-0.2, 0) is 6.42 Å².